The molecule has 0 bridgehead atoms. The van der Waals surface area contributed by atoms with Gasteiger partial charge in [-0.25, -0.2) is 0 Å². The molecule has 2 N–H and O–H groups in total. The first-order valence-corrected chi connectivity index (χ1v) is 4.66. The van der Waals surface area contributed by atoms with Crippen LogP contribution in [0.15, 0.2) is 0 Å². The summed E-state index contributed by atoms with van der Waals surface area (Å²) < 4.78 is 5.24. The van der Waals surface area contributed by atoms with Crippen molar-refractivity contribution >= 4 is 30.8 Å². The van der Waals surface area contributed by atoms with Gasteiger partial charge in [0.25, 0.3) is 0 Å². The first-order valence-electron chi connectivity index (χ1n) is 4.66. The lowest BCUT2D eigenvalue weighted by atomic mass is 10.2. The molecule has 1 heterocycles. The van der Waals surface area contributed by atoms with Crippen LogP contribution in [0.1, 0.15) is 20.8 Å². The highest BCUT2D eigenvalue weighted by Crippen LogP contribution is 2.08. The standard InChI is InChI=1S/C9H18N2O2.2ClH/c1-9(2,3)13-8(12)7-6-10-4-5-11-7;;/h7,10-11H,4-6H2,1-3H3;2*1H/t7-;;/m0../s1. The minimum atomic E-state index is -0.393. The van der Waals surface area contributed by atoms with Crippen LogP contribution in [0, 0.1) is 0 Å². The van der Waals surface area contributed by atoms with Gasteiger partial charge in [0.2, 0.25) is 0 Å². The molecular formula is C9H20Cl2N2O2. The van der Waals surface area contributed by atoms with Crippen molar-refractivity contribution in [2.24, 2.45) is 0 Å². The van der Waals surface area contributed by atoms with E-state index in [1.807, 2.05) is 20.8 Å². The number of carbonyl (C=O) groups is 1. The monoisotopic (exact) mass is 258 g/mol. The number of hydrogen-bond donors (Lipinski definition) is 2. The van der Waals surface area contributed by atoms with Crippen LogP contribution in [0.2, 0.25) is 0 Å². The Bertz CT molecular complexity index is 189. The van der Waals surface area contributed by atoms with Crippen molar-refractivity contribution in [3.63, 3.8) is 0 Å². The summed E-state index contributed by atoms with van der Waals surface area (Å²) in [7, 11) is 0. The number of esters is 1. The van der Waals surface area contributed by atoms with Gasteiger partial charge < -0.3 is 15.4 Å². The van der Waals surface area contributed by atoms with E-state index in [4.69, 9.17) is 4.74 Å². The summed E-state index contributed by atoms with van der Waals surface area (Å²) in [6.07, 6.45) is 0. The quantitative estimate of drug-likeness (QED) is 0.682. The highest BCUT2D eigenvalue weighted by molar-refractivity contribution is 5.85. The number of nitrogens with one attached hydrogen (secondary N) is 2. The highest BCUT2D eigenvalue weighted by Gasteiger charge is 2.25. The molecule has 0 aromatic heterocycles. The average Bonchev–Trinajstić information content (AvgIpc) is 2.03. The smallest absolute Gasteiger partial charge is 0.324 e. The minimum absolute atomic E-state index is 0. The highest BCUT2D eigenvalue weighted by atomic mass is 35.5. The van der Waals surface area contributed by atoms with E-state index in [2.05, 4.69) is 10.6 Å². The molecule has 1 fully saturated rings. The fourth-order valence-corrected chi connectivity index (χ4v) is 1.19. The van der Waals surface area contributed by atoms with Crippen molar-refractivity contribution in [1.82, 2.24) is 10.6 Å². The topological polar surface area (TPSA) is 50.4 Å². The molecule has 0 radical (unpaired) electrons. The third-order valence-electron chi connectivity index (χ3n) is 1.73. The van der Waals surface area contributed by atoms with Gasteiger partial charge in [0.15, 0.2) is 0 Å². The van der Waals surface area contributed by atoms with Gasteiger partial charge in [-0.15, -0.1) is 24.8 Å². The van der Waals surface area contributed by atoms with Gasteiger partial charge in [-0.1, -0.05) is 0 Å². The molecule has 92 valence electrons. The van der Waals surface area contributed by atoms with Crippen molar-refractivity contribution in [3.05, 3.63) is 0 Å². The molecule has 1 aliphatic heterocycles. The second kappa shape index (κ2) is 7.28. The van der Waals surface area contributed by atoms with E-state index in [0.717, 1.165) is 13.1 Å². The van der Waals surface area contributed by atoms with Crippen LogP contribution in [0.3, 0.4) is 0 Å². The number of hydrogen-bond acceptors (Lipinski definition) is 4. The molecule has 0 spiro atoms. The van der Waals surface area contributed by atoms with Crippen LogP contribution >= 0.6 is 24.8 Å². The maximum Gasteiger partial charge on any atom is 0.324 e. The van der Waals surface area contributed by atoms with Crippen LogP contribution in [0.25, 0.3) is 0 Å². The van der Waals surface area contributed by atoms with Gasteiger partial charge in [-0.3, -0.25) is 4.79 Å². The zero-order valence-electron chi connectivity index (χ0n) is 9.33. The second-order valence-corrected chi connectivity index (χ2v) is 4.24. The zero-order valence-corrected chi connectivity index (χ0v) is 11.0. The summed E-state index contributed by atoms with van der Waals surface area (Å²) in [5.74, 6) is -0.167. The average molecular weight is 259 g/mol. The lowest BCUT2D eigenvalue weighted by Gasteiger charge is -2.27. The van der Waals surface area contributed by atoms with E-state index >= 15 is 0 Å². The maximum absolute atomic E-state index is 11.5. The van der Waals surface area contributed by atoms with Crippen LogP contribution in [-0.2, 0) is 9.53 Å². The number of ether oxygens (including phenoxy) is 1. The molecule has 1 aliphatic rings. The summed E-state index contributed by atoms with van der Waals surface area (Å²) in [6.45, 7) is 8.03. The summed E-state index contributed by atoms with van der Waals surface area (Å²) in [4.78, 5) is 11.5. The van der Waals surface area contributed by atoms with Crippen molar-refractivity contribution < 1.29 is 9.53 Å². The Kier molecular flexibility index (Phi) is 8.43. The van der Waals surface area contributed by atoms with Crippen molar-refractivity contribution in [2.75, 3.05) is 19.6 Å². The van der Waals surface area contributed by atoms with Gasteiger partial charge in [-0.05, 0) is 20.8 Å². The summed E-state index contributed by atoms with van der Waals surface area (Å²) in [5.41, 5.74) is -0.393. The van der Waals surface area contributed by atoms with Crippen LogP contribution in [-0.4, -0.2) is 37.2 Å². The van der Waals surface area contributed by atoms with Gasteiger partial charge >= 0.3 is 5.97 Å². The Hall–Kier alpha value is -0.0300. The van der Waals surface area contributed by atoms with Crippen molar-refractivity contribution in [1.29, 1.82) is 0 Å². The van der Waals surface area contributed by atoms with E-state index < -0.39 is 5.60 Å². The summed E-state index contributed by atoms with van der Waals surface area (Å²) in [5, 5.41) is 6.24. The van der Waals surface area contributed by atoms with Crippen molar-refractivity contribution in [2.45, 2.75) is 32.4 Å². The number of rotatable bonds is 1. The Morgan fingerprint density at radius 1 is 1.27 bits per heavy atom. The fraction of sp³-hybridized carbons (Fsp3) is 0.889. The third kappa shape index (κ3) is 6.95. The molecule has 0 amide bonds. The van der Waals surface area contributed by atoms with E-state index in [0.29, 0.717) is 6.54 Å². The molecule has 6 heteroatoms. The Morgan fingerprint density at radius 2 is 1.87 bits per heavy atom. The van der Waals surface area contributed by atoms with Crippen LogP contribution in [0.4, 0.5) is 0 Å². The Labute approximate surface area is 103 Å². The van der Waals surface area contributed by atoms with Gasteiger partial charge in [-0.2, -0.15) is 0 Å². The molecule has 0 unspecified atom stereocenters. The molecule has 0 aromatic carbocycles. The molecule has 1 rings (SSSR count). The molecule has 4 nitrogen and oxygen atoms in total. The number of halogens is 2. The lowest BCUT2D eigenvalue weighted by Crippen LogP contribution is -2.53. The molecule has 1 atom stereocenters. The van der Waals surface area contributed by atoms with E-state index in [-0.39, 0.29) is 36.8 Å². The normalized spacial score (nSPS) is 20.9. The molecule has 0 saturated carbocycles. The third-order valence-corrected chi connectivity index (χ3v) is 1.73. The Balaban J connectivity index is 0. The molecule has 1 saturated heterocycles. The predicted molar refractivity (Wildman–Crippen MR) is 65.0 cm³/mol. The van der Waals surface area contributed by atoms with Crippen LogP contribution < -0.4 is 10.6 Å². The first-order chi connectivity index (χ1) is 5.99. The summed E-state index contributed by atoms with van der Waals surface area (Å²) in [6, 6.07) is -0.187. The fourth-order valence-electron chi connectivity index (χ4n) is 1.19. The molecule has 0 aromatic rings. The van der Waals surface area contributed by atoms with Crippen molar-refractivity contribution in [3.8, 4) is 0 Å². The first kappa shape index (κ1) is 17.4. The number of carbonyl (C=O) groups excluding carboxylic acids is 1. The Morgan fingerprint density at radius 3 is 2.27 bits per heavy atom. The van der Waals surface area contributed by atoms with Gasteiger partial charge in [0.05, 0.1) is 0 Å². The van der Waals surface area contributed by atoms with E-state index in [1.54, 1.807) is 0 Å². The minimum Gasteiger partial charge on any atom is -0.459 e. The van der Waals surface area contributed by atoms with Crippen LogP contribution in [0.5, 0.6) is 0 Å². The lowest BCUT2D eigenvalue weighted by molar-refractivity contribution is -0.157. The summed E-state index contributed by atoms with van der Waals surface area (Å²) >= 11 is 0. The molecule has 0 aliphatic carbocycles. The molecule has 15 heavy (non-hydrogen) atoms. The van der Waals surface area contributed by atoms with Gasteiger partial charge in [0, 0.05) is 19.6 Å². The van der Waals surface area contributed by atoms with E-state index in [1.165, 1.54) is 0 Å². The van der Waals surface area contributed by atoms with E-state index in [9.17, 15) is 4.79 Å². The maximum atomic E-state index is 11.5. The zero-order chi connectivity index (χ0) is 9.90. The molecular weight excluding hydrogens is 239 g/mol. The largest absolute Gasteiger partial charge is 0.459 e. The predicted octanol–water partition coefficient (Wildman–Crippen LogP) is 0.733. The SMILES string of the molecule is CC(C)(C)OC(=O)[C@@H]1CNCCN1.Cl.Cl. The second-order valence-electron chi connectivity index (χ2n) is 4.24. The van der Waals surface area contributed by atoms with Gasteiger partial charge in [0.1, 0.15) is 11.6 Å². The number of piperazine rings is 1.